The molecule has 1 aromatic heterocycles. The molecule has 3 rings (SSSR count). The standard InChI is InChI=1S/C17H25N3O/c1-16(2,3)15-19-13-10-12(18)4-5-14(13)20(15)11-17(6-7-17)8-9-21/h4-5,10,21H,6-9,11,18H2,1-3H3. The average Bonchev–Trinajstić information content (AvgIpc) is 3.03. The molecule has 3 N–H and O–H groups in total. The van der Waals surface area contributed by atoms with Crippen LogP contribution in [0, 0.1) is 5.41 Å². The van der Waals surface area contributed by atoms with Crippen LogP contribution >= 0.6 is 0 Å². The van der Waals surface area contributed by atoms with Crippen molar-refractivity contribution in [3.05, 3.63) is 24.0 Å². The fraction of sp³-hybridized carbons (Fsp3) is 0.588. The van der Waals surface area contributed by atoms with Crippen molar-refractivity contribution in [2.75, 3.05) is 12.3 Å². The molecule has 1 saturated carbocycles. The first-order valence-corrected chi connectivity index (χ1v) is 7.72. The molecule has 1 fully saturated rings. The number of benzene rings is 1. The van der Waals surface area contributed by atoms with Crippen LogP contribution < -0.4 is 5.73 Å². The van der Waals surface area contributed by atoms with Gasteiger partial charge in [0.15, 0.2) is 0 Å². The largest absolute Gasteiger partial charge is 0.399 e. The number of rotatable bonds is 4. The maximum Gasteiger partial charge on any atom is 0.115 e. The van der Waals surface area contributed by atoms with E-state index < -0.39 is 0 Å². The lowest BCUT2D eigenvalue weighted by molar-refractivity contribution is 0.235. The Bertz CT molecular complexity index is 662. The van der Waals surface area contributed by atoms with Gasteiger partial charge in [-0.25, -0.2) is 4.98 Å². The van der Waals surface area contributed by atoms with E-state index in [0.717, 1.165) is 35.5 Å². The lowest BCUT2D eigenvalue weighted by atomic mass is 9.94. The number of hydrogen-bond donors (Lipinski definition) is 2. The normalized spacial score (nSPS) is 17.3. The second-order valence-corrected chi connectivity index (χ2v) is 7.49. The second kappa shape index (κ2) is 4.73. The fourth-order valence-electron chi connectivity index (χ4n) is 3.12. The maximum absolute atomic E-state index is 9.31. The minimum atomic E-state index is -0.0108. The molecule has 1 aromatic carbocycles. The first-order chi connectivity index (χ1) is 9.85. The first kappa shape index (κ1) is 14.4. The highest BCUT2D eigenvalue weighted by Crippen LogP contribution is 2.51. The van der Waals surface area contributed by atoms with E-state index in [1.807, 2.05) is 12.1 Å². The Balaban J connectivity index is 2.10. The van der Waals surface area contributed by atoms with Crippen molar-refractivity contribution < 1.29 is 5.11 Å². The predicted octanol–water partition coefficient (Wildman–Crippen LogP) is 3.08. The van der Waals surface area contributed by atoms with Crippen LogP contribution in [0.15, 0.2) is 18.2 Å². The number of hydrogen-bond acceptors (Lipinski definition) is 3. The minimum absolute atomic E-state index is 0.0108. The van der Waals surface area contributed by atoms with E-state index in [0.29, 0.717) is 0 Å². The molecule has 0 radical (unpaired) electrons. The molecule has 1 aliphatic rings. The van der Waals surface area contributed by atoms with Gasteiger partial charge in [-0.2, -0.15) is 0 Å². The second-order valence-electron chi connectivity index (χ2n) is 7.49. The molecule has 0 amide bonds. The van der Waals surface area contributed by atoms with E-state index in [1.165, 1.54) is 12.8 Å². The van der Waals surface area contributed by atoms with Crippen LogP contribution in [-0.2, 0) is 12.0 Å². The van der Waals surface area contributed by atoms with E-state index in [4.69, 9.17) is 10.7 Å². The van der Waals surface area contributed by atoms with Crippen LogP contribution in [-0.4, -0.2) is 21.3 Å². The number of anilines is 1. The maximum atomic E-state index is 9.31. The third-order valence-electron chi connectivity index (χ3n) is 4.54. The number of aliphatic hydroxyl groups is 1. The summed E-state index contributed by atoms with van der Waals surface area (Å²) in [6, 6.07) is 5.97. The molecule has 0 spiro atoms. The zero-order valence-electron chi connectivity index (χ0n) is 13.2. The minimum Gasteiger partial charge on any atom is -0.399 e. The lowest BCUT2D eigenvalue weighted by Gasteiger charge is -2.23. The van der Waals surface area contributed by atoms with Crippen molar-refractivity contribution in [2.24, 2.45) is 5.41 Å². The summed E-state index contributed by atoms with van der Waals surface area (Å²) < 4.78 is 2.34. The predicted molar refractivity (Wildman–Crippen MR) is 86.2 cm³/mol. The molecule has 1 aliphatic carbocycles. The molecule has 0 atom stereocenters. The number of nitrogens with two attached hydrogens (primary N) is 1. The highest BCUT2D eigenvalue weighted by atomic mass is 16.3. The molecule has 4 nitrogen and oxygen atoms in total. The van der Waals surface area contributed by atoms with Crippen LogP contribution in [0.4, 0.5) is 5.69 Å². The van der Waals surface area contributed by atoms with Crippen LogP contribution in [0.25, 0.3) is 11.0 Å². The van der Waals surface area contributed by atoms with Gasteiger partial charge in [0.2, 0.25) is 0 Å². The van der Waals surface area contributed by atoms with Gasteiger partial charge in [-0.15, -0.1) is 0 Å². The first-order valence-electron chi connectivity index (χ1n) is 7.72. The molecular formula is C17H25N3O. The Morgan fingerprint density at radius 3 is 2.62 bits per heavy atom. The Labute approximate surface area is 126 Å². The summed E-state index contributed by atoms with van der Waals surface area (Å²) in [5.74, 6) is 1.10. The van der Waals surface area contributed by atoms with Crippen molar-refractivity contribution in [3.8, 4) is 0 Å². The van der Waals surface area contributed by atoms with Crippen molar-refractivity contribution in [2.45, 2.75) is 52.0 Å². The molecule has 4 heteroatoms. The van der Waals surface area contributed by atoms with Crippen molar-refractivity contribution in [1.29, 1.82) is 0 Å². The lowest BCUT2D eigenvalue weighted by Crippen LogP contribution is -2.23. The molecule has 2 aromatic rings. The van der Waals surface area contributed by atoms with Crippen LogP contribution in [0.1, 0.15) is 45.9 Å². The molecule has 1 heterocycles. The molecule has 0 bridgehead atoms. The number of aromatic nitrogens is 2. The van der Waals surface area contributed by atoms with Gasteiger partial charge in [-0.1, -0.05) is 20.8 Å². The smallest absolute Gasteiger partial charge is 0.115 e. The summed E-state index contributed by atoms with van der Waals surface area (Å²) in [5.41, 5.74) is 9.03. The van der Waals surface area contributed by atoms with Gasteiger partial charge in [0.1, 0.15) is 5.82 Å². The van der Waals surface area contributed by atoms with E-state index in [-0.39, 0.29) is 17.4 Å². The monoisotopic (exact) mass is 287 g/mol. The van der Waals surface area contributed by atoms with E-state index in [1.54, 1.807) is 0 Å². The van der Waals surface area contributed by atoms with E-state index in [9.17, 15) is 5.11 Å². The molecule has 114 valence electrons. The van der Waals surface area contributed by atoms with Gasteiger partial charge >= 0.3 is 0 Å². The Morgan fingerprint density at radius 1 is 1.33 bits per heavy atom. The third-order valence-corrected chi connectivity index (χ3v) is 4.54. The van der Waals surface area contributed by atoms with Crippen LogP contribution in [0.5, 0.6) is 0 Å². The number of imidazole rings is 1. The zero-order chi connectivity index (χ0) is 15.3. The van der Waals surface area contributed by atoms with Gasteiger partial charge in [-0.05, 0) is 42.9 Å². The Hall–Kier alpha value is -1.55. The summed E-state index contributed by atoms with van der Waals surface area (Å²) in [4.78, 5) is 4.84. The summed E-state index contributed by atoms with van der Waals surface area (Å²) in [7, 11) is 0. The SMILES string of the molecule is CC(C)(C)c1nc2cc(N)ccc2n1CC1(CCO)CC1. The molecule has 21 heavy (non-hydrogen) atoms. The third kappa shape index (κ3) is 2.64. The topological polar surface area (TPSA) is 64.1 Å². The summed E-state index contributed by atoms with van der Waals surface area (Å²) in [5, 5.41) is 9.31. The fourth-order valence-corrected chi connectivity index (χ4v) is 3.12. The van der Waals surface area contributed by atoms with E-state index in [2.05, 4.69) is 31.4 Å². The number of aliphatic hydroxyl groups excluding tert-OH is 1. The van der Waals surface area contributed by atoms with Crippen molar-refractivity contribution >= 4 is 16.7 Å². The van der Waals surface area contributed by atoms with E-state index >= 15 is 0 Å². The van der Waals surface area contributed by atoms with Gasteiger partial charge in [0, 0.05) is 24.3 Å². The van der Waals surface area contributed by atoms with Crippen molar-refractivity contribution in [3.63, 3.8) is 0 Å². The average molecular weight is 287 g/mol. The molecule has 0 aliphatic heterocycles. The van der Waals surface area contributed by atoms with Crippen molar-refractivity contribution in [1.82, 2.24) is 9.55 Å². The van der Waals surface area contributed by atoms with Gasteiger partial charge in [0.05, 0.1) is 11.0 Å². The summed E-state index contributed by atoms with van der Waals surface area (Å²) >= 11 is 0. The number of nitrogens with zero attached hydrogens (tertiary/aromatic N) is 2. The Kier molecular flexibility index (Phi) is 3.24. The highest BCUT2D eigenvalue weighted by Gasteiger charge is 2.43. The van der Waals surface area contributed by atoms with Crippen LogP contribution in [0.2, 0.25) is 0 Å². The Morgan fingerprint density at radius 2 is 2.05 bits per heavy atom. The van der Waals surface area contributed by atoms with Gasteiger partial charge in [0.25, 0.3) is 0 Å². The van der Waals surface area contributed by atoms with Crippen LogP contribution in [0.3, 0.4) is 0 Å². The van der Waals surface area contributed by atoms with Gasteiger partial charge < -0.3 is 15.4 Å². The quantitative estimate of drug-likeness (QED) is 0.849. The molecular weight excluding hydrogens is 262 g/mol. The van der Waals surface area contributed by atoms with Gasteiger partial charge in [-0.3, -0.25) is 0 Å². The summed E-state index contributed by atoms with van der Waals surface area (Å²) in [6.45, 7) is 7.80. The number of fused-ring (bicyclic) bond motifs is 1. The zero-order valence-corrected chi connectivity index (χ0v) is 13.2. The molecule has 0 saturated heterocycles. The molecule has 0 unspecified atom stereocenters. The number of nitrogen functional groups attached to an aromatic ring is 1. The summed E-state index contributed by atoms with van der Waals surface area (Å²) in [6.07, 6.45) is 3.28. The highest BCUT2D eigenvalue weighted by molar-refractivity contribution is 5.80.